The zero-order valence-corrected chi connectivity index (χ0v) is 7.41. The van der Waals surface area contributed by atoms with Crippen molar-refractivity contribution in [1.82, 2.24) is 5.48 Å². The molecule has 0 aliphatic carbocycles. The van der Waals surface area contributed by atoms with Gasteiger partial charge in [-0.1, -0.05) is 18.2 Å². The van der Waals surface area contributed by atoms with Crippen LogP contribution in [0, 0.1) is 0 Å². The quantitative estimate of drug-likeness (QED) is 0.534. The van der Waals surface area contributed by atoms with E-state index in [1.54, 1.807) is 6.07 Å². The molecule has 1 rings (SSSR count). The van der Waals surface area contributed by atoms with E-state index < -0.39 is 0 Å². The first-order chi connectivity index (χ1) is 6.20. The molecule has 0 aromatic heterocycles. The summed E-state index contributed by atoms with van der Waals surface area (Å²) < 4.78 is 0. The second-order valence-corrected chi connectivity index (χ2v) is 2.61. The zero-order valence-electron chi connectivity index (χ0n) is 7.41. The molecule has 13 heavy (non-hydrogen) atoms. The smallest absolute Gasteiger partial charge is 0.321 e. The number of hydrogen-bond acceptors (Lipinski definition) is 4. The number of carbonyl (C=O) groups is 1. The first kappa shape index (κ1) is 9.54. The Labute approximate surface area is 76.6 Å². The average molecular weight is 180 g/mol. The Morgan fingerprint density at radius 2 is 2.23 bits per heavy atom. The van der Waals surface area contributed by atoms with E-state index in [0.29, 0.717) is 12.2 Å². The van der Waals surface area contributed by atoms with Crippen LogP contribution in [0.15, 0.2) is 24.3 Å². The van der Waals surface area contributed by atoms with Crippen molar-refractivity contribution in [2.24, 2.45) is 0 Å². The van der Waals surface area contributed by atoms with Gasteiger partial charge in [0.05, 0.1) is 6.54 Å². The van der Waals surface area contributed by atoms with Crippen molar-refractivity contribution >= 4 is 11.7 Å². The largest absolute Gasteiger partial charge is 0.398 e. The minimum atomic E-state index is -0.366. The molecule has 0 unspecified atom stereocenters. The molecule has 0 heterocycles. The van der Waals surface area contributed by atoms with Crippen molar-refractivity contribution in [1.29, 1.82) is 0 Å². The van der Waals surface area contributed by atoms with E-state index in [2.05, 4.69) is 10.3 Å². The predicted octanol–water partition coefficient (Wildman–Crippen LogP) is 0.837. The van der Waals surface area contributed by atoms with Crippen molar-refractivity contribution in [2.45, 2.75) is 13.5 Å². The molecule has 0 saturated heterocycles. The predicted molar refractivity (Wildman–Crippen MR) is 49.5 cm³/mol. The number of para-hydroxylation sites is 1. The van der Waals surface area contributed by atoms with Crippen LogP contribution in [-0.4, -0.2) is 5.97 Å². The van der Waals surface area contributed by atoms with Gasteiger partial charge in [-0.15, -0.1) is 5.48 Å². The maximum atomic E-state index is 10.4. The molecule has 70 valence electrons. The molecule has 4 nitrogen and oxygen atoms in total. The lowest BCUT2D eigenvalue weighted by Crippen LogP contribution is -2.17. The third-order valence-corrected chi connectivity index (χ3v) is 1.53. The summed E-state index contributed by atoms with van der Waals surface area (Å²) in [5.74, 6) is -0.366. The molecule has 0 aliphatic heterocycles. The second kappa shape index (κ2) is 4.47. The highest BCUT2D eigenvalue weighted by atomic mass is 16.7. The number of benzene rings is 1. The monoisotopic (exact) mass is 180 g/mol. The fraction of sp³-hybridized carbons (Fsp3) is 0.222. The van der Waals surface area contributed by atoms with Gasteiger partial charge in [-0.2, -0.15) is 0 Å². The van der Waals surface area contributed by atoms with E-state index in [4.69, 9.17) is 5.73 Å². The van der Waals surface area contributed by atoms with Crippen LogP contribution in [0.1, 0.15) is 12.5 Å². The number of nitrogen functional groups attached to an aromatic ring is 1. The van der Waals surface area contributed by atoms with Crippen molar-refractivity contribution < 1.29 is 9.63 Å². The molecule has 0 saturated carbocycles. The van der Waals surface area contributed by atoms with Crippen LogP contribution in [0.3, 0.4) is 0 Å². The summed E-state index contributed by atoms with van der Waals surface area (Å²) in [6.45, 7) is 1.76. The summed E-state index contributed by atoms with van der Waals surface area (Å²) in [7, 11) is 0. The highest BCUT2D eigenvalue weighted by molar-refractivity contribution is 5.65. The summed E-state index contributed by atoms with van der Waals surface area (Å²) in [6.07, 6.45) is 0. The Bertz CT molecular complexity index is 299. The SMILES string of the molecule is CC(=O)ONCc1ccccc1N. The Balaban J connectivity index is 2.45. The number of nitrogens with one attached hydrogen (secondary N) is 1. The Kier molecular flexibility index (Phi) is 3.28. The molecular formula is C9H12N2O2. The molecule has 0 amide bonds. The standard InChI is InChI=1S/C9H12N2O2/c1-7(12)13-11-6-8-4-2-3-5-9(8)10/h2-5,11H,6,10H2,1H3. The molecule has 4 heteroatoms. The fourth-order valence-electron chi connectivity index (χ4n) is 0.911. The maximum Gasteiger partial charge on any atom is 0.321 e. The first-order valence-electron chi connectivity index (χ1n) is 3.94. The van der Waals surface area contributed by atoms with Crippen LogP contribution in [-0.2, 0) is 16.2 Å². The average Bonchev–Trinajstić information content (AvgIpc) is 2.08. The molecule has 1 aromatic carbocycles. The number of anilines is 1. The molecule has 3 N–H and O–H groups in total. The van der Waals surface area contributed by atoms with Crippen molar-refractivity contribution in [2.75, 3.05) is 5.73 Å². The van der Waals surface area contributed by atoms with Crippen LogP contribution in [0.2, 0.25) is 0 Å². The van der Waals surface area contributed by atoms with Gasteiger partial charge in [0.2, 0.25) is 0 Å². The summed E-state index contributed by atoms with van der Waals surface area (Å²) >= 11 is 0. The third-order valence-electron chi connectivity index (χ3n) is 1.53. The van der Waals surface area contributed by atoms with Crippen molar-refractivity contribution in [3.63, 3.8) is 0 Å². The number of carbonyl (C=O) groups excluding carboxylic acids is 1. The number of hydrogen-bond donors (Lipinski definition) is 2. The van der Waals surface area contributed by atoms with E-state index in [9.17, 15) is 4.79 Å². The van der Waals surface area contributed by atoms with Crippen LogP contribution < -0.4 is 11.2 Å². The molecular weight excluding hydrogens is 168 g/mol. The van der Waals surface area contributed by atoms with Gasteiger partial charge in [-0.25, -0.2) is 0 Å². The molecule has 0 bridgehead atoms. The number of nitrogens with two attached hydrogens (primary N) is 1. The molecule has 0 fully saturated rings. The molecule has 1 aromatic rings. The normalized spacial score (nSPS) is 9.62. The van der Waals surface area contributed by atoms with E-state index >= 15 is 0 Å². The van der Waals surface area contributed by atoms with Gasteiger partial charge < -0.3 is 10.6 Å². The minimum Gasteiger partial charge on any atom is -0.398 e. The van der Waals surface area contributed by atoms with E-state index in [1.807, 2.05) is 18.2 Å². The second-order valence-electron chi connectivity index (χ2n) is 2.61. The van der Waals surface area contributed by atoms with Crippen molar-refractivity contribution in [3.8, 4) is 0 Å². The van der Waals surface area contributed by atoms with Gasteiger partial charge in [0.15, 0.2) is 0 Å². The highest BCUT2D eigenvalue weighted by Crippen LogP contribution is 2.09. The van der Waals surface area contributed by atoms with Crippen LogP contribution in [0.25, 0.3) is 0 Å². The first-order valence-corrected chi connectivity index (χ1v) is 3.94. The van der Waals surface area contributed by atoms with Gasteiger partial charge in [0, 0.05) is 12.6 Å². The van der Waals surface area contributed by atoms with Gasteiger partial charge in [-0.05, 0) is 11.6 Å². The highest BCUT2D eigenvalue weighted by Gasteiger charge is 1.97. The maximum absolute atomic E-state index is 10.4. The molecule has 0 spiro atoms. The fourth-order valence-corrected chi connectivity index (χ4v) is 0.911. The molecule has 0 atom stereocenters. The Morgan fingerprint density at radius 3 is 2.85 bits per heavy atom. The summed E-state index contributed by atoms with van der Waals surface area (Å²) in [6, 6.07) is 7.39. The van der Waals surface area contributed by atoms with E-state index in [1.165, 1.54) is 6.92 Å². The zero-order chi connectivity index (χ0) is 9.68. The minimum absolute atomic E-state index is 0.366. The number of rotatable bonds is 3. The van der Waals surface area contributed by atoms with Crippen LogP contribution in [0.5, 0.6) is 0 Å². The summed E-state index contributed by atoms with van der Waals surface area (Å²) in [5.41, 5.74) is 9.76. The lowest BCUT2D eigenvalue weighted by atomic mass is 10.2. The van der Waals surface area contributed by atoms with Crippen LogP contribution in [0.4, 0.5) is 5.69 Å². The van der Waals surface area contributed by atoms with Crippen LogP contribution >= 0.6 is 0 Å². The van der Waals surface area contributed by atoms with Gasteiger partial charge in [0.1, 0.15) is 0 Å². The van der Waals surface area contributed by atoms with E-state index in [-0.39, 0.29) is 5.97 Å². The summed E-state index contributed by atoms with van der Waals surface area (Å²) in [4.78, 5) is 15.0. The van der Waals surface area contributed by atoms with Gasteiger partial charge >= 0.3 is 5.97 Å². The topological polar surface area (TPSA) is 64.3 Å². The van der Waals surface area contributed by atoms with Gasteiger partial charge in [0.25, 0.3) is 0 Å². The van der Waals surface area contributed by atoms with Crippen molar-refractivity contribution in [3.05, 3.63) is 29.8 Å². The Hall–Kier alpha value is -1.55. The lowest BCUT2D eigenvalue weighted by Gasteiger charge is -2.05. The van der Waals surface area contributed by atoms with Gasteiger partial charge in [-0.3, -0.25) is 4.79 Å². The molecule has 0 aliphatic rings. The third kappa shape index (κ3) is 3.13. The lowest BCUT2D eigenvalue weighted by molar-refractivity contribution is -0.148. The summed E-state index contributed by atoms with van der Waals surface area (Å²) in [5, 5.41) is 0. The molecule has 0 radical (unpaired) electrons. The van der Waals surface area contributed by atoms with E-state index in [0.717, 1.165) is 5.56 Å². The Morgan fingerprint density at radius 1 is 1.54 bits per heavy atom. The number of hydroxylamine groups is 1.